The molecule has 3 aromatic rings. The molecule has 0 bridgehead atoms. The van der Waals surface area contributed by atoms with Crippen molar-refractivity contribution < 1.29 is 14.5 Å². The predicted molar refractivity (Wildman–Crippen MR) is 105 cm³/mol. The molecule has 0 unspecified atom stereocenters. The Morgan fingerprint density at radius 1 is 1.44 bits per heavy atom. The van der Waals surface area contributed by atoms with E-state index in [1.807, 2.05) is 18.2 Å². The topological polar surface area (TPSA) is 86.7 Å². The van der Waals surface area contributed by atoms with Crippen molar-refractivity contribution in [3.8, 4) is 5.75 Å². The Kier molecular flexibility index (Phi) is 5.38. The molecule has 0 atom stereocenters. The largest absolute Gasteiger partial charge is 0.495 e. The van der Waals surface area contributed by atoms with Gasteiger partial charge in [0.2, 0.25) is 0 Å². The second-order valence-electron chi connectivity index (χ2n) is 5.43. The zero-order valence-corrected chi connectivity index (χ0v) is 15.8. The van der Waals surface area contributed by atoms with Gasteiger partial charge in [0, 0.05) is 18.7 Å². The SMILES string of the molecule is C=CCn1c(=NC(=O)c2cc([N+](=O)[O-])ccc2Cl)sc2cccc(OC)c21. The molecule has 1 amide bonds. The number of aromatic nitrogens is 1. The summed E-state index contributed by atoms with van der Waals surface area (Å²) in [4.78, 5) is 27.6. The lowest BCUT2D eigenvalue weighted by Gasteiger charge is -2.06. The first kappa shape index (κ1) is 18.8. The number of hydrogen-bond donors (Lipinski definition) is 0. The molecule has 1 heterocycles. The molecule has 0 radical (unpaired) electrons. The summed E-state index contributed by atoms with van der Waals surface area (Å²) in [6.45, 7) is 4.15. The molecule has 0 N–H and O–H groups in total. The van der Waals surface area contributed by atoms with Crippen molar-refractivity contribution in [2.45, 2.75) is 6.54 Å². The summed E-state index contributed by atoms with van der Waals surface area (Å²) in [5.41, 5.74) is 0.539. The predicted octanol–water partition coefficient (Wildman–Crippen LogP) is 4.20. The molecule has 1 aromatic heterocycles. The number of methoxy groups -OCH3 is 1. The van der Waals surface area contributed by atoms with E-state index in [1.54, 1.807) is 17.8 Å². The number of amides is 1. The monoisotopic (exact) mass is 403 g/mol. The van der Waals surface area contributed by atoms with Crippen LogP contribution in [0.1, 0.15) is 10.4 Å². The number of thiazole rings is 1. The summed E-state index contributed by atoms with van der Waals surface area (Å²) < 4.78 is 8.09. The van der Waals surface area contributed by atoms with Gasteiger partial charge in [0.25, 0.3) is 11.6 Å². The number of carbonyl (C=O) groups excluding carboxylic acids is 1. The van der Waals surface area contributed by atoms with Crippen molar-refractivity contribution in [3.63, 3.8) is 0 Å². The number of hydrogen-bond acceptors (Lipinski definition) is 5. The molecule has 2 aromatic carbocycles. The first-order valence-electron chi connectivity index (χ1n) is 7.76. The lowest BCUT2D eigenvalue weighted by Crippen LogP contribution is -2.16. The van der Waals surface area contributed by atoms with Crippen LogP contribution in [0.4, 0.5) is 5.69 Å². The Morgan fingerprint density at radius 2 is 2.22 bits per heavy atom. The smallest absolute Gasteiger partial charge is 0.281 e. The van der Waals surface area contributed by atoms with Crippen LogP contribution in [-0.2, 0) is 6.54 Å². The van der Waals surface area contributed by atoms with Crippen LogP contribution >= 0.6 is 22.9 Å². The summed E-state index contributed by atoms with van der Waals surface area (Å²) in [6, 6.07) is 9.23. The summed E-state index contributed by atoms with van der Waals surface area (Å²) in [7, 11) is 1.57. The van der Waals surface area contributed by atoms with E-state index < -0.39 is 10.8 Å². The van der Waals surface area contributed by atoms with Crippen LogP contribution in [0.3, 0.4) is 0 Å². The number of fused-ring (bicyclic) bond motifs is 1. The summed E-state index contributed by atoms with van der Waals surface area (Å²) in [6.07, 6.45) is 1.68. The van der Waals surface area contributed by atoms with Crippen molar-refractivity contribution >= 4 is 44.7 Å². The zero-order chi connectivity index (χ0) is 19.6. The fourth-order valence-corrected chi connectivity index (χ4v) is 3.84. The lowest BCUT2D eigenvalue weighted by molar-refractivity contribution is -0.384. The summed E-state index contributed by atoms with van der Waals surface area (Å²) >= 11 is 7.35. The highest BCUT2D eigenvalue weighted by Gasteiger charge is 2.17. The first-order chi connectivity index (χ1) is 13.0. The van der Waals surface area contributed by atoms with Crippen molar-refractivity contribution in [2.24, 2.45) is 4.99 Å². The van der Waals surface area contributed by atoms with Crippen molar-refractivity contribution in [3.05, 3.63) is 74.6 Å². The van der Waals surface area contributed by atoms with Gasteiger partial charge < -0.3 is 9.30 Å². The van der Waals surface area contributed by atoms with E-state index in [0.717, 1.165) is 16.3 Å². The highest BCUT2D eigenvalue weighted by molar-refractivity contribution is 7.16. The van der Waals surface area contributed by atoms with Crippen LogP contribution in [-0.4, -0.2) is 22.5 Å². The molecule has 138 valence electrons. The molecule has 0 spiro atoms. The molecule has 0 aliphatic carbocycles. The minimum absolute atomic E-state index is 0.0274. The van der Waals surface area contributed by atoms with Crippen LogP contribution in [0.2, 0.25) is 5.02 Å². The van der Waals surface area contributed by atoms with E-state index in [-0.39, 0.29) is 16.3 Å². The van der Waals surface area contributed by atoms with Crippen LogP contribution in [0, 0.1) is 10.1 Å². The lowest BCUT2D eigenvalue weighted by atomic mass is 10.2. The van der Waals surface area contributed by atoms with Gasteiger partial charge in [-0.15, -0.1) is 6.58 Å². The molecule has 0 saturated heterocycles. The van der Waals surface area contributed by atoms with Gasteiger partial charge in [-0.3, -0.25) is 14.9 Å². The van der Waals surface area contributed by atoms with Gasteiger partial charge >= 0.3 is 0 Å². The van der Waals surface area contributed by atoms with Gasteiger partial charge in [-0.05, 0) is 18.2 Å². The van der Waals surface area contributed by atoms with Crippen LogP contribution in [0.25, 0.3) is 10.2 Å². The fourth-order valence-electron chi connectivity index (χ4n) is 2.58. The third-order valence-electron chi connectivity index (χ3n) is 3.78. The number of nitro groups is 1. The number of carbonyl (C=O) groups is 1. The van der Waals surface area contributed by atoms with E-state index in [2.05, 4.69) is 11.6 Å². The van der Waals surface area contributed by atoms with Gasteiger partial charge in [0.15, 0.2) is 4.80 Å². The highest BCUT2D eigenvalue weighted by atomic mass is 35.5. The Bertz CT molecular complexity index is 1130. The number of nitro benzene ring substituents is 1. The molecule has 7 nitrogen and oxygen atoms in total. The van der Waals surface area contributed by atoms with Crippen molar-refractivity contribution in [2.75, 3.05) is 7.11 Å². The molecule has 9 heteroatoms. The quantitative estimate of drug-likeness (QED) is 0.363. The Balaban J connectivity index is 2.20. The summed E-state index contributed by atoms with van der Waals surface area (Å²) in [5, 5.41) is 11.1. The zero-order valence-electron chi connectivity index (χ0n) is 14.2. The second-order valence-corrected chi connectivity index (χ2v) is 6.85. The number of ether oxygens (including phenoxy) is 1. The average molecular weight is 404 g/mol. The van der Waals surface area contributed by atoms with Gasteiger partial charge in [0.05, 0.1) is 27.3 Å². The van der Waals surface area contributed by atoms with Crippen LogP contribution in [0.15, 0.2) is 54.0 Å². The minimum atomic E-state index is -0.660. The van der Waals surface area contributed by atoms with E-state index in [1.165, 1.54) is 23.5 Å². The van der Waals surface area contributed by atoms with Gasteiger partial charge in [-0.2, -0.15) is 4.99 Å². The standard InChI is InChI=1S/C18H14ClN3O4S/c1-3-9-21-16-14(26-2)5-4-6-15(16)27-18(21)20-17(23)12-10-11(22(24)25)7-8-13(12)19/h3-8,10H,1,9H2,2H3. The molecular weight excluding hydrogens is 390 g/mol. The highest BCUT2D eigenvalue weighted by Crippen LogP contribution is 2.28. The maximum Gasteiger partial charge on any atom is 0.281 e. The van der Waals surface area contributed by atoms with E-state index in [0.29, 0.717) is 17.1 Å². The maximum atomic E-state index is 12.7. The average Bonchev–Trinajstić information content (AvgIpc) is 2.99. The maximum absolute atomic E-state index is 12.7. The molecule has 0 fully saturated rings. The molecular formula is C18H14ClN3O4S. The Labute approximate surface area is 163 Å². The van der Waals surface area contributed by atoms with Crippen LogP contribution in [0.5, 0.6) is 5.75 Å². The first-order valence-corrected chi connectivity index (χ1v) is 8.96. The molecule has 27 heavy (non-hydrogen) atoms. The normalized spacial score (nSPS) is 11.6. The van der Waals surface area contributed by atoms with Gasteiger partial charge in [0.1, 0.15) is 11.3 Å². The van der Waals surface area contributed by atoms with E-state index in [9.17, 15) is 14.9 Å². The molecule has 3 rings (SSSR count). The fraction of sp³-hybridized carbons (Fsp3) is 0.111. The molecule has 0 saturated carbocycles. The Morgan fingerprint density at radius 3 is 2.89 bits per heavy atom. The Hall–Kier alpha value is -2.97. The minimum Gasteiger partial charge on any atom is -0.495 e. The van der Waals surface area contributed by atoms with Crippen molar-refractivity contribution in [1.29, 1.82) is 0 Å². The number of nitrogens with zero attached hydrogens (tertiary/aromatic N) is 3. The van der Waals surface area contributed by atoms with Crippen molar-refractivity contribution in [1.82, 2.24) is 4.57 Å². The number of benzene rings is 2. The third kappa shape index (κ3) is 3.62. The number of halogens is 1. The van der Waals surface area contributed by atoms with Gasteiger partial charge in [-0.25, -0.2) is 0 Å². The second kappa shape index (κ2) is 7.73. The van der Waals surface area contributed by atoms with E-state index >= 15 is 0 Å². The number of non-ortho nitro benzene ring substituents is 1. The number of rotatable bonds is 5. The van der Waals surface area contributed by atoms with E-state index in [4.69, 9.17) is 16.3 Å². The molecule has 0 aliphatic rings. The number of allylic oxidation sites excluding steroid dienone is 1. The summed E-state index contributed by atoms with van der Waals surface area (Å²) in [5.74, 6) is -0.0140. The molecule has 0 aliphatic heterocycles. The third-order valence-corrected chi connectivity index (χ3v) is 5.16. The number of para-hydroxylation sites is 1. The van der Waals surface area contributed by atoms with Gasteiger partial charge in [-0.1, -0.05) is 35.1 Å². The van der Waals surface area contributed by atoms with Crippen LogP contribution < -0.4 is 9.54 Å².